The molecule has 1 aromatic heterocycles. The van der Waals surface area contributed by atoms with E-state index in [1.165, 1.54) is 7.11 Å². The van der Waals surface area contributed by atoms with Gasteiger partial charge in [0.1, 0.15) is 0 Å². The van der Waals surface area contributed by atoms with Crippen molar-refractivity contribution >= 4 is 17.5 Å². The van der Waals surface area contributed by atoms with Crippen molar-refractivity contribution in [3.8, 4) is 11.5 Å². The van der Waals surface area contributed by atoms with Crippen LogP contribution in [0.2, 0.25) is 5.02 Å². The Morgan fingerprint density at radius 2 is 2.20 bits per heavy atom. The summed E-state index contributed by atoms with van der Waals surface area (Å²) < 4.78 is 13.0. The lowest BCUT2D eigenvalue weighted by Gasteiger charge is -2.15. The van der Waals surface area contributed by atoms with Crippen molar-refractivity contribution in [3.05, 3.63) is 41.4 Å². The third kappa shape index (κ3) is 5.67. The van der Waals surface area contributed by atoms with E-state index in [0.29, 0.717) is 41.2 Å². The third-order valence-corrected chi connectivity index (χ3v) is 3.77. The summed E-state index contributed by atoms with van der Waals surface area (Å²) >= 11 is 6.27. The van der Waals surface area contributed by atoms with Gasteiger partial charge >= 0.3 is 0 Å². The molecule has 0 atom stereocenters. The van der Waals surface area contributed by atoms with E-state index in [0.717, 1.165) is 13.0 Å². The summed E-state index contributed by atoms with van der Waals surface area (Å²) in [7, 11) is 1.53. The molecule has 0 aliphatic rings. The lowest BCUT2D eigenvalue weighted by Crippen LogP contribution is -2.25. The van der Waals surface area contributed by atoms with Crippen LogP contribution in [0.5, 0.6) is 11.5 Å². The van der Waals surface area contributed by atoms with Crippen LogP contribution < -0.4 is 14.8 Å². The van der Waals surface area contributed by atoms with Crippen LogP contribution in [0.1, 0.15) is 30.6 Å². The topological polar surface area (TPSA) is 65.4 Å². The van der Waals surface area contributed by atoms with Crippen LogP contribution in [0, 0.1) is 5.92 Å². The van der Waals surface area contributed by atoms with E-state index in [9.17, 15) is 4.79 Å². The molecule has 136 valence electrons. The molecule has 0 radical (unpaired) electrons. The molecular formula is C18H24ClN3O3. The van der Waals surface area contributed by atoms with Gasteiger partial charge in [-0.3, -0.25) is 4.79 Å². The van der Waals surface area contributed by atoms with Crippen LogP contribution in [0.15, 0.2) is 30.9 Å². The number of carbonyl (C=O) groups excluding carboxylic acids is 1. The lowest BCUT2D eigenvalue weighted by atomic mass is 10.1. The van der Waals surface area contributed by atoms with Crippen molar-refractivity contribution in [2.75, 3.05) is 20.3 Å². The molecule has 6 nitrogen and oxygen atoms in total. The van der Waals surface area contributed by atoms with Gasteiger partial charge in [0.15, 0.2) is 11.5 Å². The maximum absolute atomic E-state index is 12.3. The zero-order valence-electron chi connectivity index (χ0n) is 14.8. The number of rotatable bonds is 9. The first-order chi connectivity index (χ1) is 12.0. The van der Waals surface area contributed by atoms with Crippen LogP contribution in [0.4, 0.5) is 0 Å². The monoisotopic (exact) mass is 365 g/mol. The van der Waals surface area contributed by atoms with Crippen molar-refractivity contribution in [3.63, 3.8) is 0 Å². The number of carbonyl (C=O) groups is 1. The molecule has 1 aromatic carbocycles. The molecule has 1 amide bonds. The lowest BCUT2D eigenvalue weighted by molar-refractivity contribution is 0.0952. The standard InChI is InChI=1S/C18H24ClN3O3/c1-13(2)11-25-17-15(19)9-14(10-16(17)24-3)18(23)21-5-4-7-22-8-6-20-12-22/h6,8-10,12-13H,4-5,7,11H2,1-3H3,(H,21,23). The number of halogens is 1. The molecule has 0 bridgehead atoms. The number of amides is 1. The largest absolute Gasteiger partial charge is 0.493 e. The van der Waals surface area contributed by atoms with E-state index in [1.807, 2.05) is 24.6 Å². The molecule has 0 saturated carbocycles. The normalized spacial score (nSPS) is 10.8. The molecule has 1 heterocycles. The zero-order valence-corrected chi connectivity index (χ0v) is 15.5. The Morgan fingerprint density at radius 3 is 2.84 bits per heavy atom. The summed E-state index contributed by atoms with van der Waals surface area (Å²) in [6, 6.07) is 3.25. The van der Waals surface area contributed by atoms with E-state index in [-0.39, 0.29) is 5.91 Å². The molecule has 0 saturated heterocycles. The Hall–Kier alpha value is -2.21. The second-order valence-electron chi connectivity index (χ2n) is 6.10. The molecule has 2 aromatic rings. The van der Waals surface area contributed by atoms with E-state index in [1.54, 1.807) is 24.7 Å². The summed E-state index contributed by atoms with van der Waals surface area (Å²) in [5.41, 5.74) is 0.446. The molecule has 25 heavy (non-hydrogen) atoms. The second kappa shape index (κ2) is 9.32. The first-order valence-electron chi connectivity index (χ1n) is 8.25. The summed E-state index contributed by atoms with van der Waals surface area (Å²) in [6.45, 7) is 5.97. The van der Waals surface area contributed by atoms with Crippen LogP contribution >= 0.6 is 11.6 Å². The predicted molar refractivity (Wildman–Crippen MR) is 97.5 cm³/mol. The molecule has 0 spiro atoms. The molecule has 1 N–H and O–H groups in total. The minimum Gasteiger partial charge on any atom is -0.493 e. The maximum Gasteiger partial charge on any atom is 0.251 e. The van der Waals surface area contributed by atoms with Gasteiger partial charge in [0.05, 0.1) is 25.1 Å². The molecule has 7 heteroatoms. The number of methoxy groups -OCH3 is 1. The maximum atomic E-state index is 12.3. The highest BCUT2D eigenvalue weighted by Gasteiger charge is 2.16. The fourth-order valence-electron chi connectivity index (χ4n) is 2.23. The predicted octanol–water partition coefficient (Wildman–Crippen LogP) is 3.40. The van der Waals surface area contributed by atoms with E-state index >= 15 is 0 Å². The number of hydrogen-bond donors (Lipinski definition) is 1. The van der Waals surface area contributed by atoms with E-state index in [4.69, 9.17) is 21.1 Å². The van der Waals surface area contributed by atoms with Gasteiger partial charge in [-0.05, 0) is 24.5 Å². The first kappa shape index (κ1) is 19.1. The minimum atomic E-state index is -0.193. The highest BCUT2D eigenvalue weighted by Crippen LogP contribution is 2.36. The number of aromatic nitrogens is 2. The molecule has 0 fully saturated rings. The Labute approximate surface area is 153 Å². The highest BCUT2D eigenvalue weighted by molar-refractivity contribution is 6.32. The molecule has 2 rings (SSSR count). The van der Waals surface area contributed by atoms with Gasteiger partial charge in [-0.25, -0.2) is 4.98 Å². The summed E-state index contributed by atoms with van der Waals surface area (Å²) in [5.74, 6) is 1.09. The van der Waals surface area contributed by atoms with Gasteiger partial charge in [0.25, 0.3) is 5.91 Å². The van der Waals surface area contributed by atoms with Crippen molar-refractivity contribution in [2.45, 2.75) is 26.8 Å². The number of hydrogen-bond acceptors (Lipinski definition) is 4. The van der Waals surface area contributed by atoms with Crippen molar-refractivity contribution in [2.24, 2.45) is 5.92 Å². The number of benzene rings is 1. The van der Waals surface area contributed by atoms with Crippen molar-refractivity contribution in [1.29, 1.82) is 0 Å². The van der Waals surface area contributed by atoms with Gasteiger partial charge in [-0.2, -0.15) is 0 Å². The third-order valence-electron chi connectivity index (χ3n) is 3.49. The zero-order chi connectivity index (χ0) is 18.2. The smallest absolute Gasteiger partial charge is 0.251 e. The fourth-order valence-corrected chi connectivity index (χ4v) is 2.49. The Bertz CT molecular complexity index is 687. The van der Waals surface area contributed by atoms with Gasteiger partial charge in [0.2, 0.25) is 0 Å². The van der Waals surface area contributed by atoms with Crippen LogP contribution in [0.25, 0.3) is 0 Å². The van der Waals surface area contributed by atoms with Crippen LogP contribution in [-0.4, -0.2) is 35.7 Å². The Morgan fingerprint density at radius 1 is 1.40 bits per heavy atom. The average Bonchev–Trinajstić information content (AvgIpc) is 3.10. The number of ether oxygens (including phenoxy) is 2. The second-order valence-corrected chi connectivity index (χ2v) is 6.51. The van der Waals surface area contributed by atoms with Crippen molar-refractivity contribution < 1.29 is 14.3 Å². The summed E-state index contributed by atoms with van der Waals surface area (Å²) in [5, 5.41) is 3.25. The number of aryl methyl sites for hydroxylation is 1. The Kier molecular flexibility index (Phi) is 7.13. The Balaban J connectivity index is 1.95. The van der Waals surface area contributed by atoms with E-state index in [2.05, 4.69) is 10.3 Å². The number of nitrogens with zero attached hydrogens (tertiary/aromatic N) is 2. The summed E-state index contributed by atoms with van der Waals surface area (Å²) in [6.07, 6.45) is 6.18. The molecule has 0 aliphatic heterocycles. The first-order valence-corrected chi connectivity index (χ1v) is 8.63. The molecular weight excluding hydrogens is 342 g/mol. The highest BCUT2D eigenvalue weighted by atomic mass is 35.5. The van der Waals surface area contributed by atoms with Gasteiger partial charge in [-0.15, -0.1) is 0 Å². The molecule has 0 unspecified atom stereocenters. The quantitative estimate of drug-likeness (QED) is 0.692. The van der Waals surface area contributed by atoms with Gasteiger partial charge < -0.3 is 19.4 Å². The van der Waals surface area contributed by atoms with E-state index < -0.39 is 0 Å². The fraction of sp³-hybridized carbons (Fsp3) is 0.444. The minimum absolute atomic E-state index is 0.193. The van der Waals surface area contributed by atoms with Gasteiger partial charge in [-0.1, -0.05) is 25.4 Å². The SMILES string of the molecule is COc1cc(C(=O)NCCCn2ccnc2)cc(Cl)c1OCC(C)C. The average molecular weight is 366 g/mol. The van der Waals surface area contributed by atoms with Gasteiger partial charge in [0, 0.05) is 31.0 Å². The molecule has 0 aliphatic carbocycles. The van der Waals surface area contributed by atoms with Crippen LogP contribution in [-0.2, 0) is 6.54 Å². The van der Waals surface area contributed by atoms with Crippen molar-refractivity contribution in [1.82, 2.24) is 14.9 Å². The number of nitrogens with one attached hydrogen (secondary N) is 1. The van der Waals surface area contributed by atoms with Crippen LogP contribution in [0.3, 0.4) is 0 Å². The summed E-state index contributed by atoms with van der Waals surface area (Å²) in [4.78, 5) is 16.3. The number of imidazole rings is 1.